The van der Waals surface area contributed by atoms with Gasteiger partial charge in [-0.2, -0.15) is 0 Å². The van der Waals surface area contributed by atoms with E-state index in [1.807, 2.05) is 36.4 Å². The van der Waals surface area contributed by atoms with E-state index in [9.17, 15) is 9.59 Å². The highest BCUT2D eigenvalue weighted by Crippen LogP contribution is 2.44. The summed E-state index contributed by atoms with van der Waals surface area (Å²) in [4.78, 5) is 32.7. The van der Waals surface area contributed by atoms with Gasteiger partial charge in [-0.1, -0.05) is 34.8 Å². The van der Waals surface area contributed by atoms with Gasteiger partial charge in [-0.15, -0.1) is 20.4 Å². The third kappa shape index (κ3) is 6.28. The molecular weight excluding hydrogens is 484 g/mol. The molecule has 178 valence electrons. The summed E-state index contributed by atoms with van der Waals surface area (Å²) in [6.07, 6.45) is 6.52. The Labute approximate surface area is 209 Å². The summed E-state index contributed by atoms with van der Waals surface area (Å²) in [5, 5.41) is 25.2. The summed E-state index contributed by atoms with van der Waals surface area (Å²) in [6, 6.07) is 11.0. The molecule has 10 nitrogen and oxygen atoms in total. The molecule has 1 saturated carbocycles. The first kappa shape index (κ1) is 23.1. The molecule has 0 unspecified atom stereocenters. The van der Waals surface area contributed by atoms with Crippen molar-refractivity contribution in [1.29, 1.82) is 0 Å². The third-order valence-electron chi connectivity index (χ3n) is 5.58. The van der Waals surface area contributed by atoms with Gasteiger partial charge in [0.2, 0.25) is 22.1 Å². The fraction of sp³-hybridized carbons (Fsp3) is 0.304. The predicted molar refractivity (Wildman–Crippen MR) is 132 cm³/mol. The Bertz CT molecular complexity index is 1290. The van der Waals surface area contributed by atoms with Gasteiger partial charge in [-0.05, 0) is 43.0 Å². The molecule has 35 heavy (non-hydrogen) atoms. The number of rotatable bonds is 9. The third-order valence-corrected chi connectivity index (χ3v) is 7.45. The molecule has 0 spiro atoms. The first-order valence-corrected chi connectivity index (χ1v) is 12.8. The Balaban J connectivity index is 1.05. The van der Waals surface area contributed by atoms with Gasteiger partial charge in [0.25, 0.3) is 0 Å². The number of carbonyl (C=O) groups excluding carboxylic acids is 2. The van der Waals surface area contributed by atoms with Crippen molar-refractivity contribution in [3.05, 3.63) is 70.2 Å². The minimum atomic E-state index is -0.158. The second-order valence-electron chi connectivity index (χ2n) is 8.28. The number of carbonyl (C=O) groups is 2. The molecule has 1 aliphatic carbocycles. The number of hydrogen-bond donors (Lipinski definition) is 2. The Morgan fingerprint density at radius 1 is 0.800 bits per heavy atom. The van der Waals surface area contributed by atoms with Crippen molar-refractivity contribution in [1.82, 2.24) is 30.4 Å². The standard InChI is InChI=1S/C23H22N8O2S2/c32-18(12-16-5-1-3-7-24-16)26-22-30-28-20(34-22)11-14-9-15(10-14)21-29-31-23(35-21)27-19(33)13-17-6-2-4-8-25-17/h1-8,14-15H,9-13H2,(H,26,30,32)(H,27,31,33)/t14-,15+. The first-order chi connectivity index (χ1) is 17.1. The van der Waals surface area contributed by atoms with Crippen molar-refractivity contribution in [2.75, 3.05) is 10.6 Å². The largest absolute Gasteiger partial charge is 0.300 e. The maximum absolute atomic E-state index is 12.2. The van der Waals surface area contributed by atoms with E-state index >= 15 is 0 Å². The van der Waals surface area contributed by atoms with E-state index in [-0.39, 0.29) is 24.7 Å². The summed E-state index contributed by atoms with van der Waals surface area (Å²) in [5.41, 5.74) is 1.42. The Morgan fingerprint density at radius 2 is 1.40 bits per heavy atom. The van der Waals surface area contributed by atoms with Gasteiger partial charge in [0.1, 0.15) is 10.0 Å². The maximum atomic E-state index is 12.2. The van der Waals surface area contributed by atoms with E-state index in [1.54, 1.807) is 12.4 Å². The second kappa shape index (κ2) is 10.7. The maximum Gasteiger partial charge on any atom is 0.232 e. The smallest absolute Gasteiger partial charge is 0.232 e. The van der Waals surface area contributed by atoms with Crippen LogP contribution in [0.2, 0.25) is 0 Å². The zero-order valence-corrected chi connectivity index (χ0v) is 20.3. The zero-order chi connectivity index (χ0) is 24.0. The van der Waals surface area contributed by atoms with E-state index in [4.69, 9.17) is 0 Å². The topological polar surface area (TPSA) is 136 Å². The molecule has 0 atom stereocenters. The van der Waals surface area contributed by atoms with Crippen molar-refractivity contribution in [3.8, 4) is 0 Å². The van der Waals surface area contributed by atoms with Crippen LogP contribution in [0.4, 0.5) is 10.3 Å². The summed E-state index contributed by atoms with van der Waals surface area (Å²) >= 11 is 2.83. The van der Waals surface area contributed by atoms with Gasteiger partial charge >= 0.3 is 0 Å². The number of amides is 2. The fourth-order valence-corrected chi connectivity index (χ4v) is 5.60. The molecule has 4 aromatic heterocycles. The fourth-order valence-electron chi connectivity index (χ4n) is 3.85. The lowest BCUT2D eigenvalue weighted by atomic mass is 9.74. The summed E-state index contributed by atoms with van der Waals surface area (Å²) in [6.45, 7) is 0. The van der Waals surface area contributed by atoms with Crippen molar-refractivity contribution in [3.63, 3.8) is 0 Å². The van der Waals surface area contributed by atoms with Gasteiger partial charge in [-0.3, -0.25) is 19.6 Å². The van der Waals surface area contributed by atoms with Crippen molar-refractivity contribution >= 4 is 44.8 Å². The van der Waals surface area contributed by atoms with Crippen LogP contribution in [0.25, 0.3) is 0 Å². The van der Waals surface area contributed by atoms with Crippen LogP contribution in [0.5, 0.6) is 0 Å². The second-order valence-corrected chi connectivity index (χ2v) is 10.3. The molecule has 0 radical (unpaired) electrons. The average molecular weight is 507 g/mol. The highest BCUT2D eigenvalue weighted by molar-refractivity contribution is 7.15. The molecule has 0 aliphatic heterocycles. The highest BCUT2D eigenvalue weighted by atomic mass is 32.1. The van der Waals surface area contributed by atoms with Gasteiger partial charge in [0, 0.05) is 36.1 Å². The van der Waals surface area contributed by atoms with Crippen LogP contribution in [-0.4, -0.2) is 42.2 Å². The van der Waals surface area contributed by atoms with E-state index in [0.29, 0.717) is 33.5 Å². The lowest BCUT2D eigenvalue weighted by Gasteiger charge is -2.32. The molecule has 2 amide bonds. The number of nitrogens with one attached hydrogen (secondary N) is 2. The first-order valence-electron chi connectivity index (χ1n) is 11.2. The van der Waals surface area contributed by atoms with Crippen LogP contribution in [0, 0.1) is 5.92 Å². The van der Waals surface area contributed by atoms with Crippen LogP contribution in [0.1, 0.15) is 40.2 Å². The molecule has 1 fully saturated rings. The minimum Gasteiger partial charge on any atom is -0.300 e. The number of nitrogens with zero attached hydrogens (tertiary/aromatic N) is 6. The lowest BCUT2D eigenvalue weighted by Crippen LogP contribution is -2.23. The molecule has 1 aliphatic rings. The van der Waals surface area contributed by atoms with Gasteiger partial charge in [-0.25, -0.2) is 0 Å². The van der Waals surface area contributed by atoms with Crippen LogP contribution in [0.3, 0.4) is 0 Å². The van der Waals surface area contributed by atoms with Crippen molar-refractivity contribution < 1.29 is 9.59 Å². The quantitative estimate of drug-likeness (QED) is 0.353. The van der Waals surface area contributed by atoms with Gasteiger partial charge < -0.3 is 10.6 Å². The molecule has 12 heteroatoms. The zero-order valence-electron chi connectivity index (χ0n) is 18.6. The summed E-state index contributed by atoms with van der Waals surface area (Å²) in [7, 11) is 0. The summed E-state index contributed by atoms with van der Waals surface area (Å²) in [5.74, 6) is 0.506. The van der Waals surface area contributed by atoms with E-state index < -0.39 is 0 Å². The molecule has 0 bridgehead atoms. The Morgan fingerprint density at radius 3 is 2.00 bits per heavy atom. The normalized spacial score (nSPS) is 16.9. The van der Waals surface area contributed by atoms with Gasteiger partial charge in [0.05, 0.1) is 12.8 Å². The molecule has 4 aromatic rings. The Hall–Kier alpha value is -3.64. The molecule has 2 N–H and O–H groups in total. The number of hydrogen-bond acceptors (Lipinski definition) is 10. The van der Waals surface area contributed by atoms with E-state index in [2.05, 4.69) is 41.0 Å². The Kier molecular flexibility index (Phi) is 7.09. The van der Waals surface area contributed by atoms with E-state index in [1.165, 1.54) is 22.7 Å². The number of aromatic nitrogens is 6. The molecule has 4 heterocycles. The molecule has 0 aromatic carbocycles. The predicted octanol–water partition coefficient (Wildman–Crippen LogP) is 3.28. The van der Waals surface area contributed by atoms with Crippen LogP contribution < -0.4 is 10.6 Å². The monoisotopic (exact) mass is 506 g/mol. The molecule has 0 saturated heterocycles. The SMILES string of the molecule is O=C(Cc1ccccn1)Nc1nnc(C[C@H]2C[C@@H](c3nnc(NC(=O)Cc4ccccn4)s3)C2)s1. The van der Waals surface area contributed by atoms with Crippen LogP contribution in [-0.2, 0) is 28.9 Å². The van der Waals surface area contributed by atoms with E-state index in [0.717, 1.165) is 29.3 Å². The minimum absolute atomic E-state index is 0.155. The summed E-state index contributed by atoms with van der Waals surface area (Å²) < 4.78 is 0. The number of anilines is 2. The van der Waals surface area contributed by atoms with Crippen molar-refractivity contribution in [2.24, 2.45) is 5.92 Å². The van der Waals surface area contributed by atoms with Gasteiger partial charge in [0.15, 0.2) is 0 Å². The number of pyridine rings is 2. The average Bonchev–Trinajstić information content (AvgIpc) is 3.46. The van der Waals surface area contributed by atoms with Crippen molar-refractivity contribution in [2.45, 2.75) is 38.0 Å². The van der Waals surface area contributed by atoms with Crippen LogP contribution in [0.15, 0.2) is 48.8 Å². The van der Waals surface area contributed by atoms with Crippen LogP contribution >= 0.6 is 22.7 Å². The lowest BCUT2D eigenvalue weighted by molar-refractivity contribution is -0.116. The molecular formula is C23H22N8O2S2. The molecule has 5 rings (SSSR count). The highest BCUT2D eigenvalue weighted by Gasteiger charge is 2.33.